The monoisotopic (exact) mass is 462 g/mol. The highest BCUT2D eigenvalue weighted by Crippen LogP contribution is 2.35. The van der Waals surface area contributed by atoms with Crippen molar-refractivity contribution in [3.8, 4) is 0 Å². The van der Waals surface area contributed by atoms with Crippen molar-refractivity contribution in [2.45, 2.75) is 58.2 Å². The van der Waals surface area contributed by atoms with Crippen molar-refractivity contribution in [1.82, 2.24) is 20.1 Å². The minimum absolute atomic E-state index is 0.0393. The standard InChI is InChI=1S/C27H34N4O3/c1-16(2)12-22-25(32)29-23(21-13-18-8-6-7-9-19(18)14-21)26(33)31(22)24(27(34)30(4)5)20-11-10-17(3)28-15-20/h6-11,15-16,21-24H,12-14H2,1-5H3,(H,29,32)/t22?,23?,24-/m1/s1. The van der Waals surface area contributed by atoms with E-state index in [1.807, 2.05) is 45.0 Å². The van der Waals surface area contributed by atoms with Crippen LogP contribution in [0.1, 0.15) is 48.7 Å². The summed E-state index contributed by atoms with van der Waals surface area (Å²) in [6, 6.07) is 9.55. The minimum atomic E-state index is -0.906. The first-order valence-corrected chi connectivity index (χ1v) is 12.0. The van der Waals surface area contributed by atoms with Crippen LogP contribution in [0, 0.1) is 18.8 Å². The van der Waals surface area contributed by atoms with Crippen molar-refractivity contribution >= 4 is 17.7 Å². The molecule has 2 unspecified atom stereocenters. The highest BCUT2D eigenvalue weighted by Gasteiger charge is 2.49. The molecule has 2 heterocycles. The lowest BCUT2D eigenvalue weighted by Gasteiger charge is -2.45. The molecule has 0 bridgehead atoms. The summed E-state index contributed by atoms with van der Waals surface area (Å²) in [5, 5.41) is 3.04. The van der Waals surface area contributed by atoms with Crippen LogP contribution in [-0.4, -0.2) is 58.7 Å². The molecule has 2 aliphatic rings. The molecule has 1 aliphatic carbocycles. The Morgan fingerprint density at radius 2 is 1.76 bits per heavy atom. The first-order valence-electron chi connectivity index (χ1n) is 12.0. The Labute approximate surface area is 201 Å². The van der Waals surface area contributed by atoms with E-state index < -0.39 is 18.1 Å². The molecule has 180 valence electrons. The van der Waals surface area contributed by atoms with Gasteiger partial charge in [0, 0.05) is 31.5 Å². The van der Waals surface area contributed by atoms with Crippen LogP contribution in [0.2, 0.25) is 0 Å². The van der Waals surface area contributed by atoms with Crippen LogP contribution in [-0.2, 0) is 27.2 Å². The molecule has 34 heavy (non-hydrogen) atoms. The number of amides is 3. The summed E-state index contributed by atoms with van der Waals surface area (Å²) in [7, 11) is 3.35. The number of fused-ring (bicyclic) bond motifs is 1. The van der Waals surface area contributed by atoms with Crippen molar-refractivity contribution in [3.63, 3.8) is 0 Å². The van der Waals surface area contributed by atoms with Crippen LogP contribution < -0.4 is 5.32 Å². The number of aryl methyl sites for hydroxylation is 1. The predicted molar refractivity (Wildman–Crippen MR) is 130 cm³/mol. The van der Waals surface area contributed by atoms with Gasteiger partial charge >= 0.3 is 0 Å². The van der Waals surface area contributed by atoms with Gasteiger partial charge in [-0.3, -0.25) is 19.4 Å². The molecule has 1 aromatic heterocycles. The van der Waals surface area contributed by atoms with Crippen LogP contribution in [0.5, 0.6) is 0 Å². The molecule has 1 fully saturated rings. The second-order valence-electron chi connectivity index (χ2n) is 10.2. The minimum Gasteiger partial charge on any atom is -0.347 e. The van der Waals surface area contributed by atoms with Crippen molar-refractivity contribution in [2.24, 2.45) is 11.8 Å². The number of carbonyl (C=O) groups excluding carboxylic acids is 3. The normalized spacial score (nSPS) is 21.4. The molecule has 1 aliphatic heterocycles. The predicted octanol–water partition coefficient (Wildman–Crippen LogP) is 2.68. The fraction of sp³-hybridized carbons (Fsp3) is 0.481. The van der Waals surface area contributed by atoms with Gasteiger partial charge in [0.05, 0.1) is 0 Å². The first-order chi connectivity index (χ1) is 16.2. The third-order valence-electron chi connectivity index (χ3n) is 6.91. The number of nitrogens with one attached hydrogen (secondary N) is 1. The van der Waals surface area contributed by atoms with E-state index >= 15 is 0 Å². The van der Waals surface area contributed by atoms with Gasteiger partial charge in [0.25, 0.3) is 0 Å². The number of benzene rings is 1. The maximum atomic E-state index is 14.1. The molecule has 0 saturated carbocycles. The zero-order valence-corrected chi connectivity index (χ0v) is 20.6. The van der Waals surface area contributed by atoms with Gasteiger partial charge in [0.2, 0.25) is 17.7 Å². The third-order valence-corrected chi connectivity index (χ3v) is 6.91. The summed E-state index contributed by atoms with van der Waals surface area (Å²) in [6.45, 7) is 5.92. The van der Waals surface area contributed by atoms with Gasteiger partial charge in [0.15, 0.2) is 0 Å². The average Bonchev–Trinajstić information content (AvgIpc) is 3.22. The number of likely N-dealkylation sites (N-methyl/N-ethyl adjacent to an activating group) is 1. The summed E-state index contributed by atoms with van der Waals surface area (Å²) in [6.07, 6.45) is 3.58. The summed E-state index contributed by atoms with van der Waals surface area (Å²) in [5.74, 6) is -0.488. The largest absolute Gasteiger partial charge is 0.347 e. The Morgan fingerprint density at radius 3 is 2.29 bits per heavy atom. The molecule has 7 heteroatoms. The third kappa shape index (κ3) is 4.56. The summed E-state index contributed by atoms with van der Waals surface area (Å²) in [4.78, 5) is 48.5. The molecular formula is C27H34N4O3. The smallest absolute Gasteiger partial charge is 0.249 e. The molecule has 1 N–H and O–H groups in total. The molecule has 3 atom stereocenters. The fourth-order valence-electron chi connectivity index (χ4n) is 5.18. The van der Waals surface area contributed by atoms with E-state index in [4.69, 9.17) is 0 Å². The van der Waals surface area contributed by atoms with Crippen LogP contribution in [0.25, 0.3) is 0 Å². The summed E-state index contributed by atoms with van der Waals surface area (Å²) in [5.41, 5.74) is 3.88. The van der Waals surface area contributed by atoms with Crippen molar-refractivity contribution in [3.05, 3.63) is 65.0 Å². The van der Waals surface area contributed by atoms with Gasteiger partial charge in [-0.15, -0.1) is 0 Å². The van der Waals surface area contributed by atoms with Crippen LogP contribution in [0.4, 0.5) is 0 Å². The average molecular weight is 463 g/mol. The molecule has 0 radical (unpaired) electrons. The lowest BCUT2D eigenvalue weighted by Crippen LogP contribution is -2.67. The van der Waals surface area contributed by atoms with Crippen LogP contribution in [0.15, 0.2) is 42.6 Å². The number of hydrogen-bond donors (Lipinski definition) is 1. The molecular weight excluding hydrogens is 428 g/mol. The quantitative estimate of drug-likeness (QED) is 0.716. The maximum absolute atomic E-state index is 14.1. The second-order valence-corrected chi connectivity index (χ2v) is 10.2. The SMILES string of the molecule is Cc1ccc([C@H](C(=O)N(C)C)N2C(=O)C(C3Cc4ccccc4C3)NC(=O)C2CC(C)C)cn1. The lowest BCUT2D eigenvalue weighted by atomic mass is 9.88. The van der Waals surface area contributed by atoms with Crippen molar-refractivity contribution in [2.75, 3.05) is 14.1 Å². The Morgan fingerprint density at radius 1 is 1.12 bits per heavy atom. The Bertz CT molecular complexity index is 1050. The molecule has 2 aromatic rings. The summed E-state index contributed by atoms with van der Waals surface area (Å²) < 4.78 is 0. The van der Waals surface area contributed by atoms with E-state index in [-0.39, 0.29) is 29.6 Å². The van der Waals surface area contributed by atoms with Gasteiger partial charge in [-0.25, -0.2) is 0 Å². The van der Waals surface area contributed by atoms with Crippen molar-refractivity contribution < 1.29 is 14.4 Å². The molecule has 3 amide bonds. The number of nitrogens with zero attached hydrogens (tertiary/aromatic N) is 3. The lowest BCUT2D eigenvalue weighted by molar-refractivity contribution is -0.159. The molecule has 0 spiro atoms. The Kier molecular flexibility index (Phi) is 6.73. The Hall–Kier alpha value is -3.22. The van der Waals surface area contributed by atoms with E-state index in [9.17, 15) is 14.4 Å². The highest BCUT2D eigenvalue weighted by molar-refractivity contribution is 6.00. The number of hydrogen-bond acceptors (Lipinski definition) is 4. The van der Waals surface area contributed by atoms with E-state index in [0.29, 0.717) is 12.0 Å². The molecule has 7 nitrogen and oxygen atoms in total. The van der Waals surface area contributed by atoms with E-state index in [1.54, 1.807) is 25.2 Å². The van der Waals surface area contributed by atoms with Gasteiger partial charge < -0.3 is 15.1 Å². The first kappa shape index (κ1) is 23.9. The number of piperazine rings is 1. The van der Waals surface area contributed by atoms with Gasteiger partial charge in [-0.05, 0) is 55.2 Å². The maximum Gasteiger partial charge on any atom is 0.249 e. The van der Waals surface area contributed by atoms with E-state index in [2.05, 4.69) is 22.4 Å². The van der Waals surface area contributed by atoms with Crippen LogP contribution in [0.3, 0.4) is 0 Å². The van der Waals surface area contributed by atoms with E-state index in [0.717, 1.165) is 18.5 Å². The Balaban J connectivity index is 1.75. The van der Waals surface area contributed by atoms with Crippen molar-refractivity contribution in [1.29, 1.82) is 0 Å². The zero-order chi connectivity index (χ0) is 24.6. The van der Waals surface area contributed by atoms with Crippen LogP contribution >= 0.6 is 0 Å². The fourth-order valence-corrected chi connectivity index (χ4v) is 5.18. The highest BCUT2D eigenvalue weighted by atomic mass is 16.2. The van der Waals surface area contributed by atoms with Gasteiger partial charge in [0.1, 0.15) is 18.1 Å². The second kappa shape index (κ2) is 9.57. The topological polar surface area (TPSA) is 82.6 Å². The number of rotatable bonds is 6. The molecule has 1 saturated heterocycles. The number of carbonyl (C=O) groups is 3. The van der Waals surface area contributed by atoms with Gasteiger partial charge in [-0.1, -0.05) is 44.2 Å². The molecule has 4 rings (SSSR count). The van der Waals surface area contributed by atoms with E-state index in [1.165, 1.54) is 16.0 Å². The molecule has 1 aromatic carbocycles. The number of pyridine rings is 1. The number of aromatic nitrogens is 1. The zero-order valence-electron chi connectivity index (χ0n) is 20.6. The summed E-state index contributed by atoms with van der Waals surface area (Å²) >= 11 is 0. The van der Waals surface area contributed by atoms with Gasteiger partial charge in [-0.2, -0.15) is 0 Å².